The second-order valence-corrected chi connectivity index (χ2v) is 5.93. The number of amides is 1. The zero-order chi connectivity index (χ0) is 14.8. The van der Waals surface area contributed by atoms with E-state index in [1.807, 2.05) is 42.5 Å². The van der Waals surface area contributed by atoms with Gasteiger partial charge in [-0.1, -0.05) is 41.9 Å². The zero-order valence-corrected chi connectivity index (χ0v) is 13.3. The molecule has 4 heteroatoms. The highest BCUT2D eigenvalue weighted by Crippen LogP contribution is 2.26. The molecule has 21 heavy (non-hydrogen) atoms. The van der Waals surface area contributed by atoms with Crippen molar-refractivity contribution in [1.29, 1.82) is 0 Å². The van der Waals surface area contributed by atoms with Gasteiger partial charge < -0.3 is 5.32 Å². The average molecular weight is 361 g/mol. The van der Waals surface area contributed by atoms with Gasteiger partial charge in [0.05, 0.1) is 5.69 Å². The number of anilines is 1. The second kappa shape index (κ2) is 5.88. The summed E-state index contributed by atoms with van der Waals surface area (Å²) < 4.78 is 0.754. The molecular formula is C17H11BrClNO. The molecule has 0 spiro atoms. The molecule has 0 bridgehead atoms. The van der Waals surface area contributed by atoms with Crippen LogP contribution in [0, 0.1) is 0 Å². The quantitative estimate of drug-likeness (QED) is 0.641. The minimum Gasteiger partial charge on any atom is -0.321 e. The molecule has 0 heterocycles. The van der Waals surface area contributed by atoms with Crippen molar-refractivity contribution in [1.82, 2.24) is 0 Å². The lowest BCUT2D eigenvalue weighted by Gasteiger charge is -2.08. The zero-order valence-electron chi connectivity index (χ0n) is 10.9. The largest absolute Gasteiger partial charge is 0.321 e. The third-order valence-electron chi connectivity index (χ3n) is 3.19. The number of benzene rings is 3. The van der Waals surface area contributed by atoms with Crippen molar-refractivity contribution >= 4 is 49.9 Å². The Kier molecular flexibility index (Phi) is 3.95. The van der Waals surface area contributed by atoms with E-state index in [0.717, 1.165) is 15.2 Å². The molecule has 104 valence electrons. The summed E-state index contributed by atoms with van der Waals surface area (Å²) in [7, 11) is 0. The number of fused-ring (bicyclic) bond motifs is 1. The van der Waals surface area contributed by atoms with E-state index in [1.54, 1.807) is 18.2 Å². The maximum atomic E-state index is 12.3. The van der Waals surface area contributed by atoms with Crippen molar-refractivity contribution in [3.8, 4) is 0 Å². The number of nitrogens with one attached hydrogen (secondary N) is 1. The van der Waals surface area contributed by atoms with Crippen LogP contribution in [0.5, 0.6) is 0 Å². The van der Waals surface area contributed by atoms with Crippen molar-refractivity contribution in [2.24, 2.45) is 0 Å². The Balaban J connectivity index is 1.89. The minimum absolute atomic E-state index is 0.149. The Hall–Kier alpha value is -1.84. The van der Waals surface area contributed by atoms with Gasteiger partial charge in [0.15, 0.2) is 0 Å². The molecule has 0 aliphatic carbocycles. The molecule has 3 rings (SSSR count). The number of hydrogen-bond acceptors (Lipinski definition) is 1. The van der Waals surface area contributed by atoms with Gasteiger partial charge in [-0.3, -0.25) is 4.79 Å². The summed E-state index contributed by atoms with van der Waals surface area (Å²) in [5, 5.41) is 5.64. The van der Waals surface area contributed by atoms with Crippen LogP contribution >= 0.6 is 27.5 Å². The van der Waals surface area contributed by atoms with Gasteiger partial charge in [0.25, 0.3) is 5.91 Å². The normalized spacial score (nSPS) is 10.6. The minimum atomic E-state index is -0.149. The molecule has 0 fully saturated rings. The summed E-state index contributed by atoms with van der Waals surface area (Å²) in [5.41, 5.74) is 1.31. The van der Waals surface area contributed by atoms with Crippen molar-refractivity contribution in [3.05, 3.63) is 75.7 Å². The summed E-state index contributed by atoms with van der Waals surface area (Å²) in [6.07, 6.45) is 0. The van der Waals surface area contributed by atoms with Crippen LogP contribution in [0.15, 0.2) is 65.1 Å². The van der Waals surface area contributed by atoms with Gasteiger partial charge >= 0.3 is 0 Å². The van der Waals surface area contributed by atoms with Gasteiger partial charge in [0.2, 0.25) is 0 Å². The fourth-order valence-electron chi connectivity index (χ4n) is 2.12. The summed E-state index contributed by atoms with van der Waals surface area (Å²) >= 11 is 9.28. The van der Waals surface area contributed by atoms with Gasteiger partial charge in [-0.2, -0.15) is 0 Å². The molecule has 0 aliphatic rings. The third-order valence-corrected chi connectivity index (χ3v) is 4.08. The van der Waals surface area contributed by atoms with Crippen molar-refractivity contribution in [2.75, 3.05) is 5.32 Å². The number of carbonyl (C=O) groups is 1. The number of carbonyl (C=O) groups excluding carboxylic acids is 1. The predicted octanol–water partition coefficient (Wildman–Crippen LogP) is 5.51. The van der Waals surface area contributed by atoms with E-state index in [9.17, 15) is 4.79 Å². The topological polar surface area (TPSA) is 29.1 Å². The van der Waals surface area contributed by atoms with Crippen molar-refractivity contribution < 1.29 is 4.79 Å². The van der Waals surface area contributed by atoms with Crippen molar-refractivity contribution in [3.63, 3.8) is 0 Å². The van der Waals surface area contributed by atoms with Gasteiger partial charge in [-0.15, -0.1) is 0 Å². The number of halogens is 2. The molecule has 0 saturated heterocycles. The Morgan fingerprint density at radius 2 is 1.71 bits per heavy atom. The van der Waals surface area contributed by atoms with Crippen LogP contribution in [0.2, 0.25) is 5.02 Å². The van der Waals surface area contributed by atoms with Gasteiger partial charge in [-0.25, -0.2) is 0 Å². The first kappa shape index (κ1) is 14.1. The summed E-state index contributed by atoms with van der Waals surface area (Å²) in [4.78, 5) is 12.3. The Morgan fingerprint density at radius 3 is 2.48 bits per heavy atom. The van der Waals surface area contributed by atoms with Crippen molar-refractivity contribution in [2.45, 2.75) is 0 Å². The number of rotatable bonds is 2. The first-order chi connectivity index (χ1) is 10.1. The lowest BCUT2D eigenvalue weighted by atomic mass is 10.1. The maximum absolute atomic E-state index is 12.3. The molecule has 0 atom stereocenters. The fourth-order valence-corrected chi connectivity index (χ4v) is 2.90. The molecule has 0 aromatic heterocycles. The monoisotopic (exact) mass is 359 g/mol. The van der Waals surface area contributed by atoms with E-state index in [1.165, 1.54) is 0 Å². The molecule has 2 nitrogen and oxygen atoms in total. The highest BCUT2D eigenvalue weighted by molar-refractivity contribution is 9.10. The van der Waals surface area contributed by atoms with E-state index in [0.29, 0.717) is 16.3 Å². The van der Waals surface area contributed by atoms with E-state index in [2.05, 4.69) is 21.2 Å². The Bertz CT molecular complexity index is 832. The van der Waals surface area contributed by atoms with Crippen LogP contribution in [0.25, 0.3) is 10.8 Å². The molecule has 0 unspecified atom stereocenters. The molecule has 3 aromatic rings. The Morgan fingerprint density at radius 1 is 0.952 bits per heavy atom. The van der Waals surface area contributed by atoms with Gasteiger partial charge in [0, 0.05) is 15.1 Å². The summed E-state index contributed by atoms with van der Waals surface area (Å²) in [6.45, 7) is 0. The second-order valence-electron chi connectivity index (χ2n) is 4.64. The fraction of sp³-hybridized carbons (Fsp3) is 0. The van der Waals surface area contributed by atoms with Crippen LogP contribution in [0.1, 0.15) is 10.4 Å². The first-order valence-corrected chi connectivity index (χ1v) is 7.56. The Labute approximate surface area is 135 Å². The summed E-state index contributed by atoms with van der Waals surface area (Å²) in [5.74, 6) is -0.149. The lowest BCUT2D eigenvalue weighted by molar-refractivity contribution is 0.102. The molecule has 1 amide bonds. The highest BCUT2D eigenvalue weighted by atomic mass is 79.9. The molecule has 3 aromatic carbocycles. The van der Waals surface area contributed by atoms with Gasteiger partial charge in [0.1, 0.15) is 0 Å². The first-order valence-electron chi connectivity index (χ1n) is 6.39. The van der Waals surface area contributed by atoms with E-state index in [-0.39, 0.29) is 5.91 Å². The maximum Gasteiger partial charge on any atom is 0.255 e. The molecule has 0 radical (unpaired) electrons. The molecule has 0 saturated carbocycles. The van der Waals surface area contributed by atoms with E-state index < -0.39 is 0 Å². The highest BCUT2D eigenvalue weighted by Gasteiger charge is 2.09. The SMILES string of the molecule is O=C(Nc1ccc(Cl)cc1Br)c1ccc2ccccc2c1. The van der Waals surface area contributed by atoms with Gasteiger partial charge in [-0.05, 0) is 57.0 Å². The predicted molar refractivity (Wildman–Crippen MR) is 91.1 cm³/mol. The third kappa shape index (κ3) is 3.09. The molecule has 1 N–H and O–H groups in total. The van der Waals surface area contributed by atoms with E-state index in [4.69, 9.17) is 11.6 Å². The van der Waals surface area contributed by atoms with Crippen LogP contribution < -0.4 is 5.32 Å². The standard InChI is InChI=1S/C17H11BrClNO/c18-15-10-14(19)7-8-16(15)20-17(21)13-6-5-11-3-1-2-4-12(11)9-13/h1-10H,(H,20,21). The van der Waals surface area contributed by atoms with Crippen LogP contribution in [0.4, 0.5) is 5.69 Å². The van der Waals surface area contributed by atoms with E-state index >= 15 is 0 Å². The molecular weight excluding hydrogens is 350 g/mol. The average Bonchev–Trinajstić information content (AvgIpc) is 2.49. The summed E-state index contributed by atoms with van der Waals surface area (Å²) in [6, 6.07) is 18.9. The van der Waals surface area contributed by atoms with Crippen LogP contribution in [-0.2, 0) is 0 Å². The molecule has 0 aliphatic heterocycles. The lowest BCUT2D eigenvalue weighted by Crippen LogP contribution is -2.12. The number of hydrogen-bond donors (Lipinski definition) is 1. The smallest absolute Gasteiger partial charge is 0.255 e. The van der Waals surface area contributed by atoms with Crippen LogP contribution in [0.3, 0.4) is 0 Å². The van der Waals surface area contributed by atoms with Crippen LogP contribution in [-0.4, -0.2) is 5.91 Å².